The third-order valence-electron chi connectivity index (χ3n) is 1.71. The average molecular weight is 186 g/mol. The van der Waals surface area contributed by atoms with Crippen LogP contribution in [-0.4, -0.2) is 16.6 Å². The first-order chi connectivity index (χ1) is 5.69. The van der Waals surface area contributed by atoms with E-state index in [-0.39, 0.29) is 6.54 Å². The first-order valence-corrected chi connectivity index (χ1v) is 4.85. The SMILES string of the molecule is CCc1nc(C)c(C(O)CN)s1. The summed E-state index contributed by atoms with van der Waals surface area (Å²) in [6.45, 7) is 4.23. The Labute approximate surface area is 76.3 Å². The molecule has 1 aromatic rings. The lowest BCUT2D eigenvalue weighted by Crippen LogP contribution is -2.10. The number of aryl methyl sites for hydroxylation is 2. The average Bonchev–Trinajstić information content (AvgIpc) is 2.45. The maximum absolute atomic E-state index is 9.46. The van der Waals surface area contributed by atoms with Crippen molar-refractivity contribution in [3.63, 3.8) is 0 Å². The second-order valence-electron chi connectivity index (χ2n) is 2.66. The fourth-order valence-corrected chi connectivity index (χ4v) is 2.04. The van der Waals surface area contributed by atoms with Crippen LogP contribution in [0.25, 0.3) is 0 Å². The summed E-state index contributed by atoms with van der Waals surface area (Å²) in [4.78, 5) is 5.21. The Hall–Kier alpha value is -0.450. The van der Waals surface area contributed by atoms with Crippen LogP contribution >= 0.6 is 11.3 Å². The molecule has 1 heterocycles. The number of rotatable bonds is 3. The molecular weight excluding hydrogens is 172 g/mol. The van der Waals surface area contributed by atoms with Crippen molar-refractivity contribution in [2.24, 2.45) is 5.73 Å². The predicted octanol–water partition coefficient (Wildman–Crippen LogP) is 1.01. The van der Waals surface area contributed by atoms with Crippen LogP contribution in [0.5, 0.6) is 0 Å². The Morgan fingerprint density at radius 1 is 1.67 bits per heavy atom. The zero-order valence-electron chi connectivity index (χ0n) is 7.37. The third-order valence-corrected chi connectivity index (χ3v) is 3.11. The van der Waals surface area contributed by atoms with Crippen molar-refractivity contribution in [1.82, 2.24) is 4.98 Å². The van der Waals surface area contributed by atoms with E-state index >= 15 is 0 Å². The number of hydrogen-bond donors (Lipinski definition) is 2. The smallest absolute Gasteiger partial charge is 0.102 e. The summed E-state index contributed by atoms with van der Waals surface area (Å²) < 4.78 is 0. The summed E-state index contributed by atoms with van der Waals surface area (Å²) in [6.07, 6.45) is 0.380. The molecule has 0 radical (unpaired) electrons. The minimum absolute atomic E-state index is 0.270. The zero-order valence-corrected chi connectivity index (χ0v) is 8.19. The molecular formula is C8H14N2OS. The molecule has 0 amide bonds. The topological polar surface area (TPSA) is 59.1 Å². The van der Waals surface area contributed by atoms with Crippen LogP contribution in [0, 0.1) is 6.92 Å². The quantitative estimate of drug-likeness (QED) is 0.740. The molecule has 1 aromatic heterocycles. The molecule has 1 unspecified atom stereocenters. The minimum Gasteiger partial charge on any atom is -0.386 e. The number of aromatic nitrogens is 1. The molecule has 0 saturated carbocycles. The summed E-state index contributed by atoms with van der Waals surface area (Å²) in [5, 5.41) is 10.5. The first-order valence-electron chi connectivity index (χ1n) is 4.03. The van der Waals surface area contributed by atoms with E-state index in [1.54, 1.807) is 11.3 Å². The van der Waals surface area contributed by atoms with E-state index in [1.165, 1.54) is 0 Å². The number of thiazole rings is 1. The molecule has 12 heavy (non-hydrogen) atoms. The molecule has 1 rings (SSSR count). The van der Waals surface area contributed by atoms with E-state index in [2.05, 4.69) is 11.9 Å². The van der Waals surface area contributed by atoms with Crippen LogP contribution in [0.3, 0.4) is 0 Å². The minimum atomic E-state index is -0.539. The number of aliphatic hydroxyl groups excluding tert-OH is 1. The summed E-state index contributed by atoms with van der Waals surface area (Å²) in [7, 11) is 0. The van der Waals surface area contributed by atoms with Gasteiger partial charge in [-0.05, 0) is 13.3 Å². The lowest BCUT2D eigenvalue weighted by atomic mass is 10.2. The molecule has 0 fully saturated rings. The van der Waals surface area contributed by atoms with Gasteiger partial charge < -0.3 is 10.8 Å². The normalized spacial score (nSPS) is 13.3. The van der Waals surface area contributed by atoms with Gasteiger partial charge in [-0.2, -0.15) is 0 Å². The molecule has 0 aliphatic carbocycles. The maximum atomic E-state index is 9.46. The summed E-state index contributed by atoms with van der Waals surface area (Å²) >= 11 is 1.55. The zero-order chi connectivity index (χ0) is 9.14. The van der Waals surface area contributed by atoms with Crippen LogP contribution in [0.15, 0.2) is 0 Å². The molecule has 0 aliphatic rings. The van der Waals surface area contributed by atoms with Crippen LogP contribution in [0.1, 0.15) is 28.6 Å². The Kier molecular flexibility index (Phi) is 3.20. The van der Waals surface area contributed by atoms with E-state index in [9.17, 15) is 5.11 Å². The molecule has 4 heteroatoms. The van der Waals surface area contributed by atoms with Crippen molar-refractivity contribution in [2.45, 2.75) is 26.4 Å². The third kappa shape index (κ3) is 1.83. The number of nitrogens with two attached hydrogens (primary N) is 1. The van der Waals surface area contributed by atoms with Crippen molar-refractivity contribution < 1.29 is 5.11 Å². The number of aliphatic hydroxyl groups is 1. The van der Waals surface area contributed by atoms with Crippen LogP contribution in [0.2, 0.25) is 0 Å². The molecule has 68 valence electrons. The molecule has 3 nitrogen and oxygen atoms in total. The summed E-state index contributed by atoms with van der Waals surface area (Å²) in [5.74, 6) is 0. The van der Waals surface area contributed by atoms with Gasteiger partial charge in [0.15, 0.2) is 0 Å². The first kappa shape index (κ1) is 9.64. The second kappa shape index (κ2) is 3.98. The maximum Gasteiger partial charge on any atom is 0.102 e. The van der Waals surface area contributed by atoms with E-state index in [0.717, 1.165) is 22.0 Å². The van der Waals surface area contributed by atoms with Gasteiger partial charge >= 0.3 is 0 Å². The van der Waals surface area contributed by atoms with Crippen molar-refractivity contribution in [3.8, 4) is 0 Å². The van der Waals surface area contributed by atoms with Gasteiger partial charge in [0.25, 0.3) is 0 Å². The van der Waals surface area contributed by atoms with E-state index in [4.69, 9.17) is 5.73 Å². The largest absolute Gasteiger partial charge is 0.386 e. The van der Waals surface area contributed by atoms with Gasteiger partial charge in [-0.25, -0.2) is 4.98 Å². The van der Waals surface area contributed by atoms with Crippen LogP contribution < -0.4 is 5.73 Å². The monoisotopic (exact) mass is 186 g/mol. The fourth-order valence-electron chi connectivity index (χ4n) is 1.03. The highest BCUT2D eigenvalue weighted by molar-refractivity contribution is 7.11. The Balaban J connectivity index is 2.91. The highest BCUT2D eigenvalue weighted by atomic mass is 32.1. The lowest BCUT2D eigenvalue weighted by molar-refractivity contribution is 0.189. The Morgan fingerprint density at radius 2 is 2.33 bits per heavy atom. The number of hydrogen-bond acceptors (Lipinski definition) is 4. The van der Waals surface area contributed by atoms with Crippen molar-refractivity contribution in [2.75, 3.05) is 6.54 Å². The van der Waals surface area contributed by atoms with E-state index < -0.39 is 6.10 Å². The molecule has 3 N–H and O–H groups in total. The van der Waals surface area contributed by atoms with Gasteiger partial charge in [0, 0.05) is 6.54 Å². The standard InChI is InChI=1S/C8H14N2OS/c1-3-7-10-5(2)8(12-7)6(11)4-9/h6,11H,3-4,9H2,1-2H3. The van der Waals surface area contributed by atoms with Gasteiger partial charge in [0.05, 0.1) is 15.6 Å². The Bertz CT molecular complexity index is 260. The van der Waals surface area contributed by atoms with Crippen molar-refractivity contribution in [3.05, 3.63) is 15.6 Å². The van der Waals surface area contributed by atoms with E-state index in [0.29, 0.717) is 0 Å². The van der Waals surface area contributed by atoms with Gasteiger partial charge in [-0.3, -0.25) is 0 Å². The highest BCUT2D eigenvalue weighted by Crippen LogP contribution is 2.24. The molecule has 0 aromatic carbocycles. The molecule has 0 saturated heterocycles. The highest BCUT2D eigenvalue weighted by Gasteiger charge is 2.13. The van der Waals surface area contributed by atoms with Gasteiger partial charge in [0.2, 0.25) is 0 Å². The fraction of sp³-hybridized carbons (Fsp3) is 0.625. The summed E-state index contributed by atoms with van der Waals surface area (Å²) in [6, 6.07) is 0. The van der Waals surface area contributed by atoms with E-state index in [1.807, 2.05) is 6.92 Å². The molecule has 0 aliphatic heterocycles. The second-order valence-corrected chi connectivity index (χ2v) is 3.78. The molecule has 0 bridgehead atoms. The Morgan fingerprint density at radius 3 is 2.75 bits per heavy atom. The lowest BCUT2D eigenvalue weighted by Gasteiger charge is -2.03. The van der Waals surface area contributed by atoms with Gasteiger partial charge in [-0.1, -0.05) is 6.92 Å². The molecule has 0 spiro atoms. The van der Waals surface area contributed by atoms with Crippen LogP contribution in [-0.2, 0) is 6.42 Å². The molecule has 1 atom stereocenters. The summed E-state index contributed by atoms with van der Waals surface area (Å²) in [5.41, 5.74) is 6.26. The van der Waals surface area contributed by atoms with Crippen LogP contribution in [0.4, 0.5) is 0 Å². The van der Waals surface area contributed by atoms with Gasteiger partial charge in [0.1, 0.15) is 6.10 Å². The van der Waals surface area contributed by atoms with Gasteiger partial charge in [-0.15, -0.1) is 11.3 Å². The predicted molar refractivity (Wildman–Crippen MR) is 50.2 cm³/mol. The van der Waals surface area contributed by atoms with Crippen molar-refractivity contribution in [1.29, 1.82) is 0 Å². The van der Waals surface area contributed by atoms with Crippen molar-refractivity contribution >= 4 is 11.3 Å². The number of nitrogens with zero attached hydrogens (tertiary/aromatic N) is 1.